The van der Waals surface area contributed by atoms with Crippen LogP contribution < -0.4 is 0 Å². The number of unbranched alkanes of at least 4 members (excludes halogenated alkanes) is 5. The van der Waals surface area contributed by atoms with Crippen LogP contribution in [-0.4, -0.2) is 17.6 Å². The van der Waals surface area contributed by atoms with Gasteiger partial charge in [0.05, 0.1) is 6.61 Å². The van der Waals surface area contributed by atoms with E-state index in [2.05, 4.69) is 11.9 Å². The van der Waals surface area contributed by atoms with E-state index in [1.54, 1.807) is 24.4 Å². The van der Waals surface area contributed by atoms with E-state index in [1.807, 2.05) is 0 Å². The molecular formula is C14H21NO2. The van der Waals surface area contributed by atoms with Crippen molar-refractivity contribution in [3.63, 3.8) is 0 Å². The average molecular weight is 235 g/mol. The van der Waals surface area contributed by atoms with Gasteiger partial charge in [-0.2, -0.15) is 0 Å². The third-order valence-corrected chi connectivity index (χ3v) is 2.61. The Labute approximate surface area is 103 Å². The number of nitrogens with zero attached hydrogens (tertiary/aromatic N) is 1. The van der Waals surface area contributed by atoms with Gasteiger partial charge in [0.25, 0.3) is 0 Å². The molecule has 0 aliphatic rings. The summed E-state index contributed by atoms with van der Waals surface area (Å²) in [5, 5.41) is 0. The molecule has 3 heteroatoms. The first-order chi connectivity index (χ1) is 8.34. The fraction of sp³-hybridized carbons (Fsp3) is 0.571. The van der Waals surface area contributed by atoms with Gasteiger partial charge in [-0.3, -0.25) is 0 Å². The van der Waals surface area contributed by atoms with Crippen LogP contribution in [0.5, 0.6) is 0 Å². The minimum Gasteiger partial charge on any atom is -0.461 e. The monoisotopic (exact) mass is 235 g/mol. The Morgan fingerprint density at radius 1 is 1.18 bits per heavy atom. The van der Waals surface area contributed by atoms with E-state index >= 15 is 0 Å². The van der Waals surface area contributed by atoms with Gasteiger partial charge in [0, 0.05) is 6.20 Å². The molecule has 0 spiro atoms. The number of hydrogen-bond acceptors (Lipinski definition) is 3. The smallest absolute Gasteiger partial charge is 0.356 e. The molecule has 0 aliphatic heterocycles. The first kappa shape index (κ1) is 13.7. The van der Waals surface area contributed by atoms with Gasteiger partial charge in [-0.05, 0) is 18.6 Å². The number of aromatic nitrogens is 1. The summed E-state index contributed by atoms with van der Waals surface area (Å²) in [5.74, 6) is -0.320. The second-order valence-corrected chi connectivity index (χ2v) is 4.12. The zero-order chi connectivity index (χ0) is 12.3. The van der Waals surface area contributed by atoms with Crippen molar-refractivity contribution in [3.05, 3.63) is 30.1 Å². The second kappa shape index (κ2) is 8.74. The van der Waals surface area contributed by atoms with Crippen molar-refractivity contribution in [1.82, 2.24) is 4.98 Å². The van der Waals surface area contributed by atoms with Crippen molar-refractivity contribution < 1.29 is 9.53 Å². The zero-order valence-corrected chi connectivity index (χ0v) is 10.5. The predicted octanol–water partition coefficient (Wildman–Crippen LogP) is 3.60. The van der Waals surface area contributed by atoms with Gasteiger partial charge in [0.2, 0.25) is 0 Å². The molecule has 0 aliphatic carbocycles. The van der Waals surface area contributed by atoms with Crippen LogP contribution in [0, 0.1) is 0 Å². The molecule has 1 aromatic rings. The lowest BCUT2D eigenvalue weighted by molar-refractivity contribution is 0.0491. The normalized spacial score (nSPS) is 10.2. The highest BCUT2D eigenvalue weighted by Crippen LogP contribution is 2.05. The van der Waals surface area contributed by atoms with Crippen LogP contribution >= 0.6 is 0 Å². The molecule has 0 aromatic carbocycles. The molecule has 0 N–H and O–H groups in total. The first-order valence-electron chi connectivity index (χ1n) is 6.42. The van der Waals surface area contributed by atoms with Crippen LogP contribution in [-0.2, 0) is 4.74 Å². The third kappa shape index (κ3) is 6.05. The molecule has 0 atom stereocenters. The first-order valence-corrected chi connectivity index (χ1v) is 6.42. The Balaban J connectivity index is 2.05. The van der Waals surface area contributed by atoms with Crippen LogP contribution in [0.4, 0.5) is 0 Å². The Kier molecular flexibility index (Phi) is 7.03. The van der Waals surface area contributed by atoms with E-state index < -0.39 is 0 Å². The van der Waals surface area contributed by atoms with Crippen LogP contribution in [0.25, 0.3) is 0 Å². The van der Waals surface area contributed by atoms with Gasteiger partial charge < -0.3 is 4.74 Å². The minimum absolute atomic E-state index is 0.320. The largest absolute Gasteiger partial charge is 0.461 e. The summed E-state index contributed by atoms with van der Waals surface area (Å²) in [7, 11) is 0. The quantitative estimate of drug-likeness (QED) is 0.510. The third-order valence-electron chi connectivity index (χ3n) is 2.61. The SMILES string of the molecule is CCCCCCCCOC(=O)c1ccccn1. The summed E-state index contributed by atoms with van der Waals surface area (Å²) in [4.78, 5) is 15.4. The Hall–Kier alpha value is -1.38. The number of carbonyl (C=O) groups is 1. The lowest BCUT2D eigenvalue weighted by atomic mass is 10.1. The summed E-state index contributed by atoms with van der Waals surface area (Å²) >= 11 is 0. The molecule has 0 fully saturated rings. The Bertz CT molecular complexity index is 311. The standard InChI is InChI=1S/C14H21NO2/c1-2-3-4-5-6-9-12-17-14(16)13-10-7-8-11-15-13/h7-8,10-11H,2-6,9,12H2,1H3. The molecule has 0 unspecified atom stereocenters. The lowest BCUT2D eigenvalue weighted by Crippen LogP contribution is -2.07. The van der Waals surface area contributed by atoms with Crippen molar-refractivity contribution in [2.24, 2.45) is 0 Å². The predicted molar refractivity (Wildman–Crippen MR) is 67.9 cm³/mol. The summed E-state index contributed by atoms with van der Waals surface area (Å²) < 4.78 is 5.13. The van der Waals surface area contributed by atoms with E-state index in [1.165, 1.54) is 25.7 Å². The summed E-state index contributed by atoms with van der Waals surface area (Å²) in [6.45, 7) is 2.70. The summed E-state index contributed by atoms with van der Waals surface area (Å²) in [5.41, 5.74) is 0.387. The number of pyridine rings is 1. The van der Waals surface area contributed by atoms with Crippen LogP contribution in [0.2, 0.25) is 0 Å². The highest BCUT2D eigenvalue weighted by Gasteiger charge is 2.06. The number of rotatable bonds is 8. The number of hydrogen-bond donors (Lipinski definition) is 0. The van der Waals surface area contributed by atoms with Crippen molar-refractivity contribution in [2.75, 3.05) is 6.61 Å². The van der Waals surface area contributed by atoms with Gasteiger partial charge >= 0.3 is 5.97 Å². The minimum atomic E-state index is -0.320. The molecule has 17 heavy (non-hydrogen) atoms. The molecule has 0 amide bonds. The van der Waals surface area contributed by atoms with E-state index in [9.17, 15) is 4.79 Å². The van der Waals surface area contributed by atoms with Crippen molar-refractivity contribution in [2.45, 2.75) is 45.4 Å². The number of esters is 1. The molecule has 1 rings (SSSR count). The maximum atomic E-state index is 11.5. The maximum absolute atomic E-state index is 11.5. The molecule has 3 nitrogen and oxygen atoms in total. The molecule has 0 radical (unpaired) electrons. The van der Waals surface area contributed by atoms with E-state index in [0.717, 1.165) is 12.8 Å². The van der Waals surface area contributed by atoms with Crippen LogP contribution in [0.1, 0.15) is 55.9 Å². The molecule has 1 heterocycles. The lowest BCUT2D eigenvalue weighted by Gasteiger charge is -2.03. The topological polar surface area (TPSA) is 39.2 Å². The van der Waals surface area contributed by atoms with Gasteiger partial charge in [-0.1, -0.05) is 45.1 Å². The fourth-order valence-corrected chi connectivity index (χ4v) is 1.60. The highest BCUT2D eigenvalue weighted by atomic mass is 16.5. The maximum Gasteiger partial charge on any atom is 0.356 e. The van der Waals surface area contributed by atoms with Gasteiger partial charge in [0.15, 0.2) is 0 Å². The molecule has 0 saturated carbocycles. The molecule has 94 valence electrons. The Morgan fingerprint density at radius 2 is 1.94 bits per heavy atom. The zero-order valence-electron chi connectivity index (χ0n) is 10.5. The van der Waals surface area contributed by atoms with Crippen molar-refractivity contribution in [3.8, 4) is 0 Å². The van der Waals surface area contributed by atoms with Crippen LogP contribution in [0.3, 0.4) is 0 Å². The molecule has 0 saturated heterocycles. The molecule has 1 aromatic heterocycles. The average Bonchev–Trinajstić information content (AvgIpc) is 2.38. The second-order valence-electron chi connectivity index (χ2n) is 4.12. The highest BCUT2D eigenvalue weighted by molar-refractivity contribution is 5.87. The van der Waals surface area contributed by atoms with Gasteiger partial charge in [-0.15, -0.1) is 0 Å². The summed E-state index contributed by atoms with van der Waals surface area (Å²) in [6, 6.07) is 5.24. The number of ether oxygens (including phenoxy) is 1. The van der Waals surface area contributed by atoms with Crippen molar-refractivity contribution >= 4 is 5.97 Å². The Morgan fingerprint density at radius 3 is 2.65 bits per heavy atom. The van der Waals surface area contributed by atoms with Gasteiger partial charge in [0.1, 0.15) is 5.69 Å². The van der Waals surface area contributed by atoms with E-state index in [4.69, 9.17) is 4.74 Å². The van der Waals surface area contributed by atoms with Crippen molar-refractivity contribution in [1.29, 1.82) is 0 Å². The fourth-order valence-electron chi connectivity index (χ4n) is 1.60. The van der Waals surface area contributed by atoms with E-state index in [0.29, 0.717) is 12.3 Å². The molecule has 0 bridgehead atoms. The van der Waals surface area contributed by atoms with Gasteiger partial charge in [-0.25, -0.2) is 9.78 Å². The summed E-state index contributed by atoms with van der Waals surface area (Å²) in [6.07, 6.45) is 8.75. The number of carbonyl (C=O) groups excluding carboxylic acids is 1. The van der Waals surface area contributed by atoms with Crippen LogP contribution in [0.15, 0.2) is 24.4 Å². The molecular weight excluding hydrogens is 214 g/mol. The van der Waals surface area contributed by atoms with E-state index in [-0.39, 0.29) is 5.97 Å².